The summed E-state index contributed by atoms with van der Waals surface area (Å²) in [6.07, 6.45) is 7.80. The molecule has 0 bridgehead atoms. The maximum absolute atomic E-state index is 2.39. The van der Waals surface area contributed by atoms with Gasteiger partial charge in [-0.3, -0.25) is 0 Å². The van der Waals surface area contributed by atoms with Crippen LogP contribution in [0, 0.1) is 5.92 Å². The second-order valence-electron chi connectivity index (χ2n) is 5.86. The first-order valence-corrected chi connectivity index (χ1v) is 7.92. The molecular weight excluding hydrogens is 276 g/mol. The highest BCUT2D eigenvalue weighted by molar-refractivity contribution is 5.85. The van der Waals surface area contributed by atoms with Gasteiger partial charge in [0.25, 0.3) is 0 Å². The third-order valence-corrected chi connectivity index (χ3v) is 4.02. The smallest absolute Gasteiger partial charge is 0.0276 e. The maximum Gasteiger partial charge on any atom is -0.0276 e. The van der Waals surface area contributed by atoms with Crippen molar-refractivity contribution in [3.8, 4) is 0 Å². The lowest BCUT2D eigenvalue weighted by Gasteiger charge is -2.11. The Morgan fingerprint density at radius 2 is 1.19 bits per heavy atom. The molecule has 0 N–H and O–H groups in total. The molecule has 0 spiro atoms. The molecule has 0 saturated heterocycles. The van der Waals surface area contributed by atoms with Gasteiger partial charge in [-0.15, -0.1) is 12.4 Å². The molecule has 0 aliphatic carbocycles. The monoisotopic (exact) mass is 302 g/mol. The average Bonchev–Trinajstić information content (AvgIpc) is 2.52. The lowest BCUT2D eigenvalue weighted by Crippen LogP contribution is -1.98. The fraction of sp³-hybridized carbons (Fsp3) is 0.400. The molecule has 0 nitrogen and oxygen atoms in total. The van der Waals surface area contributed by atoms with E-state index >= 15 is 0 Å². The lowest BCUT2D eigenvalue weighted by molar-refractivity contribution is 0.466. The fourth-order valence-electron chi connectivity index (χ4n) is 2.67. The van der Waals surface area contributed by atoms with Gasteiger partial charge in [0, 0.05) is 0 Å². The Labute approximate surface area is 136 Å². The Morgan fingerprint density at radius 3 is 1.76 bits per heavy atom. The third kappa shape index (κ3) is 7.34. The molecule has 0 aliphatic heterocycles. The van der Waals surface area contributed by atoms with Gasteiger partial charge in [-0.1, -0.05) is 80.4 Å². The highest BCUT2D eigenvalue weighted by Crippen LogP contribution is 2.16. The summed E-state index contributed by atoms with van der Waals surface area (Å²) in [6.45, 7) is 2.39. The van der Waals surface area contributed by atoms with E-state index in [-0.39, 0.29) is 12.4 Å². The van der Waals surface area contributed by atoms with Gasteiger partial charge in [0.1, 0.15) is 0 Å². The van der Waals surface area contributed by atoms with E-state index in [0.717, 1.165) is 5.92 Å². The molecule has 1 unspecified atom stereocenters. The third-order valence-electron chi connectivity index (χ3n) is 4.02. The molecule has 0 fully saturated rings. The van der Waals surface area contributed by atoms with Crippen LogP contribution in [0.3, 0.4) is 0 Å². The summed E-state index contributed by atoms with van der Waals surface area (Å²) < 4.78 is 0. The van der Waals surface area contributed by atoms with Crippen molar-refractivity contribution in [3.05, 3.63) is 71.8 Å². The van der Waals surface area contributed by atoms with Crippen molar-refractivity contribution in [2.24, 2.45) is 5.92 Å². The van der Waals surface area contributed by atoms with Crippen molar-refractivity contribution in [1.29, 1.82) is 0 Å². The zero-order valence-electron chi connectivity index (χ0n) is 13.0. The Kier molecular flexibility index (Phi) is 8.85. The van der Waals surface area contributed by atoms with Gasteiger partial charge < -0.3 is 0 Å². The molecule has 2 aromatic carbocycles. The van der Waals surface area contributed by atoms with Crippen LogP contribution in [0.25, 0.3) is 0 Å². The predicted octanol–water partition coefficient (Wildman–Crippen LogP) is 6.09. The number of aryl methyl sites for hydroxylation is 2. The molecule has 0 heterocycles. The van der Waals surface area contributed by atoms with E-state index in [1.807, 2.05) is 0 Å². The average molecular weight is 303 g/mol. The summed E-state index contributed by atoms with van der Waals surface area (Å²) in [4.78, 5) is 0. The Bertz CT molecular complexity index is 464. The van der Waals surface area contributed by atoms with E-state index < -0.39 is 0 Å². The number of benzene rings is 2. The molecule has 1 heteroatoms. The van der Waals surface area contributed by atoms with E-state index in [0.29, 0.717) is 0 Å². The Hall–Kier alpha value is -1.27. The van der Waals surface area contributed by atoms with Crippen molar-refractivity contribution in [3.63, 3.8) is 0 Å². The number of halogens is 1. The van der Waals surface area contributed by atoms with Gasteiger partial charge in [-0.25, -0.2) is 0 Å². The van der Waals surface area contributed by atoms with Gasteiger partial charge in [0.15, 0.2) is 0 Å². The minimum absolute atomic E-state index is 0. The van der Waals surface area contributed by atoms with Crippen molar-refractivity contribution in [2.75, 3.05) is 0 Å². The molecule has 0 saturated carbocycles. The first kappa shape index (κ1) is 17.8. The van der Waals surface area contributed by atoms with Crippen LogP contribution < -0.4 is 0 Å². The van der Waals surface area contributed by atoms with E-state index in [2.05, 4.69) is 67.6 Å². The summed E-state index contributed by atoms with van der Waals surface area (Å²) in [6, 6.07) is 21.7. The lowest BCUT2D eigenvalue weighted by atomic mass is 9.95. The minimum Gasteiger partial charge on any atom is -0.147 e. The van der Waals surface area contributed by atoms with Gasteiger partial charge in [0.2, 0.25) is 0 Å². The van der Waals surface area contributed by atoms with E-state index in [1.165, 1.54) is 49.7 Å². The molecule has 1 atom stereocenters. The standard InChI is InChI=1S/C20H26.ClH/c1-18(16-17-20-13-6-3-7-14-20)10-8-9-15-19-11-4-2-5-12-19;/h2-7,11-14,18H,8-10,15-17H2,1H3;1H. The van der Waals surface area contributed by atoms with Crippen LogP contribution in [-0.4, -0.2) is 0 Å². The van der Waals surface area contributed by atoms with E-state index in [9.17, 15) is 0 Å². The normalized spacial score (nSPS) is 11.7. The molecule has 0 radical (unpaired) electrons. The maximum atomic E-state index is 2.39. The molecular formula is C20H27Cl. The van der Waals surface area contributed by atoms with Crippen LogP contribution >= 0.6 is 12.4 Å². The molecule has 0 amide bonds. The second-order valence-corrected chi connectivity index (χ2v) is 5.86. The first-order chi connectivity index (χ1) is 9.84. The molecule has 2 aromatic rings. The van der Waals surface area contributed by atoms with Gasteiger partial charge in [-0.05, 0) is 42.7 Å². The van der Waals surface area contributed by atoms with Gasteiger partial charge >= 0.3 is 0 Å². The molecule has 21 heavy (non-hydrogen) atoms. The summed E-state index contributed by atoms with van der Waals surface area (Å²) in [7, 11) is 0. The highest BCUT2D eigenvalue weighted by Gasteiger charge is 2.03. The number of hydrogen-bond acceptors (Lipinski definition) is 0. The van der Waals surface area contributed by atoms with Crippen molar-refractivity contribution in [2.45, 2.75) is 45.4 Å². The summed E-state index contributed by atoms with van der Waals surface area (Å²) in [5.74, 6) is 0.839. The predicted molar refractivity (Wildman–Crippen MR) is 95.2 cm³/mol. The quantitative estimate of drug-likeness (QED) is 0.518. The fourth-order valence-corrected chi connectivity index (χ4v) is 2.67. The van der Waals surface area contributed by atoms with Crippen LogP contribution in [0.4, 0.5) is 0 Å². The molecule has 2 rings (SSSR count). The van der Waals surface area contributed by atoms with Crippen LogP contribution in [0.5, 0.6) is 0 Å². The topological polar surface area (TPSA) is 0 Å². The SMILES string of the molecule is CC(CCCCc1ccccc1)CCc1ccccc1.Cl. The first-order valence-electron chi connectivity index (χ1n) is 7.92. The molecule has 0 aromatic heterocycles. The second kappa shape index (κ2) is 10.5. The molecule has 0 aliphatic rings. The summed E-state index contributed by atoms with van der Waals surface area (Å²) >= 11 is 0. The largest absolute Gasteiger partial charge is 0.147 e. The summed E-state index contributed by atoms with van der Waals surface area (Å²) in [5.41, 5.74) is 2.95. The molecule has 114 valence electrons. The van der Waals surface area contributed by atoms with Crippen molar-refractivity contribution >= 4 is 12.4 Å². The summed E-state index contributed by atoms with van der Waals surface area (Å²) in [5, 5.41) is 0. The van der Waals surface area contributed by atoms with Crippen LogP contribution in [0.15, 0.2) is 60.7 Å². The zero-order valence-corrected chi connectivity index (χ0v) is 13.8. The Balaban J connectivity index is 0.00000220. The van der Waals surface area contributed by atoms with Crippen LogP contribution in [0.2, 0.25) is 0 Å². The van der Waals surface area contributed by atoms with Crippen LogP contribution in [-0.2, 0) is 12.8 Å². The number of unbranched alkanes of at least 4 members (excludes halogenated alkanes) is 1. The van der Waals surface area contributed by atoms with E-state index in [4.69, 9.17) is 0 Å². The van der Waals surface area contributed by atoms with Gasteiger partial charge in [0.05, 0.1) is 0 Å². The highest BCUT2D eigenvalue weighted by atomic mass is 35.5. The van der Waals surface area contributed by atoms with E-state index in [1.54, 1.807) is 0 Å². The zero-order chi connectivity index (χ0) is 14.0. The van der Waals surface area contributed by atoms with Crippen LogP contribution in [0.1, 0.15) is 43.7 Å². The Morgan fingerprint density at radius 1 is 0.667 bits per heavy atom. The number of hydrogen-bond donors (Lipinski definition) is 0. The minimum atomic E-state index is 0. The van der Waals surface area contributed by atoms with Crippen molar-refractivity contribution < 1.29 is 0 Å². The van der Waals surface area contributed by atoms with Gasteiger partial charge in [-0.2, -0.15) is 0 Å². The number of rotatable bonds is 8. The van der Waals surface area contributed by atoms with Crippen molar-refractivity contribution in [1.82, 2.24) is 0 Å².